The van der Waals surface area contributed by atoms with Crippen molar-refractivity contribution in [1.29, 1.82) is 0 Å². The van der Waals surface area contributed by atoms with Gasteiger partial charge in [0, 0.05) is 0 Å². The fourth-order valence-corrected chi connectivity index (χ4v) is 2.08. The number of ketones is 1. The van der Waals surface area contributed by atoms with Crippen LogP contribution in [0.2, 0.25) is 0 Å². The van der Waals surface area contributed by atoms with Gasteiger partial charge in [0.2, 0.25) is 0 Å². The molecule has 0 aromatic heterocycles. The van der Waals surface area contributed by atoms with Crippen molar-refractivity contribution >= 4 is 11.8 Å². The highest BCUT2D eigenvalue weighted by molar-refractivity contribution is 5.94. The first-order valence-corrected chi connectivity index (χ1v) is 6.08. The van der Waals surface area contributed by atoms with Crippen LogP contribution < -0.4 is 0 Å². The third-order valence-corrected chi connectivity index (χ3v) is 2.98. The summed E-state index contributed by atoms with van der Waals surface area (Å²) in [6.45, 7) is 2.40. The Hall–Kier alpha value is -1.68. The second-order valence-corrected chi connectivity index (χ2v) is 4.20. The van der Waals surface area contributed by atoms with Crippen molar-refractivity contribution in [2.45, 2.75) is 25.4 Å². The van der Waals surface area contributed by atoms with E-state index in [4.69, 9.17) is 9.47 Å². The minimum atomic E-state index is -0.658. The summed E-state index contributed by atoms with van der Waals surface area (Å²) in [4.78, 5) is 23.4. The smallest absolute Gasteiger partial charge is 0.308 e. The van der Waals surface area contributed by atoms with Crippen LogP contribution in [0.1, 0.15) is 24.8 Å². The highest BCUT2D eigenvalue weighted by atomic mass is 16.5. The molecule has 2 rings (SSSR count). The molecule has 4 nitrogen and oxygen atoms in total. The standard InChI is InChI=1S/C14H16O4/c1-2-17-13(15)8-12-14(16)11(9-18-12)10-6-4-3-5-7-10/h3-7,11-12H,2,8-9H2,1H3/t11-,12+/m0/s1. The number of hydrogen-bond donors (Lipinski definition) is 0. The van der Waals surface area contributed by atoms with Crippen molar-refractivity contribution in [1.82, 2.24) is 0 Å². The molecule has 0 aliphatic carbocycles. The van der Waals surface area contributed by atoms with Gasteiger partial charge in [0.15, 0.2) is 5.78 Å². The van der Waals surface area contributed by atoms with E-state index in [-0.39, 0.29) is 24.1 Å². The molecule has 1 aliphatic rings. The third kappa shape index (κ3) is 2.76. The summed E-state index contributed by atoms with van der Waals surface area (Å²) in [6.07, 6.45) is -0.648. The minimum absolute atomic E-state index is 0.00993. The number of Topliss-reactive ketones (excluding diaryl/α,β-unsaturated/α-hetero) is 1. The molecule has 1 aromatic carbocycles. The Labute approximate surface area is 106 Å². The molecule has 0 spiro atoms. The first kappa shape index (κ1) is 12.8. The van der Waals surface area contributed by atoms with E-state index in [9.17, 15) is 9.59 Å². The molecule has 0 N–H and O–H groups in total. The lowest BCUT2D eigenvalue weighted by Crippen LogP contribution is -2.23. The van der Waals surface area contributed by atoms with E-state index >= 15 is 0 Å². The van der Waals surface area contributed by atoms with Gasteiger partial charge in [-0.05, 0) is 12.5 Å². The molecule has 1 heterocycles. The first-order valence-electron chi connectivity index (χ1n) is 6.08. The van der Waals surface area contributed by atoms with Crippen LogP contribution in [0.15, 0.2) is 30.3 Å². The fourth-order valence-electron chi connectivity index (χ4n) is 2.08. The number of benzene rings is 1. The van der Waals surface area contributed by atoms with E-state index in [2.05, 4.69) is 0 Å². The van der Waals surface area contributed by atoms with Crippen LogP contribution in [0.5, 0.6) is 0 Å². The maximum atomic E-state index is 12.1. The van der Waals surface area contributed by atoms with Crippen molar-refractivity contribution in [2.24, 2.45) is 0 Å². The van der Waals surface area contributed by atoms with Crippen molar-refractivity contribution in [3.05, 3.63) is 35.9 Å². The molecule has 1 aromatic rings. The summed E-state index contributed by atoms with van der Waals surface area (Å²) < 4.78 is 10.2. The van der Waals surface area contributed by atoms with Gasteiger partial charge < -0.3 is 9.47 Å². The minimum Gasteiger partial charge on any atom is -0.466 e. The zero-order chi connectivity index (χ0) is 13.0. The molecule has 0 bridgehead atoms. The van der Waals surface area contributed by atoms with Crippen LogP contribution in [-0.4, -0.2) is 31.1 Å². The molecule has 0 amide bonds. The van der Waals surface area contributed by atoms with Crippen LogP contribution in [0.3, 0.4) is 0 Å². The first-order chi connectivity index (χ1) is 8.72. The Morgan fingerprint density at radius 1 is 1.39 bits per heavy atom. The predicted octanol–water partition coefficient (Wildman–Crippen LogP) is 1.69. The van der Waals surface area contributed by atoms with Crippen molar-refractivity contribution < 1.29 is 19.1 Å². The average molecular weight is 248 g/mol. The maximum absolute atomic E-state index is 12.1. The Bertz CT molecular complexity index is 427. The molecule has 1 aliphatic heterocycles. The topological polar surface area (TPSA) is 52.6 Å². The highest BCUT2D eigenvalue weighted by Crippen LogP contribution is 2.27. The summed E-state index contributed by atoms with van der Waals surface area (Å²) in [6, 6.07) is 9.49. The second-order valence-electron chi connectivity index (χ2n) is 4.20. The third-order valence-electron chi connectivity index (χ3n) is 2.98. The van der Waals surface area contributed by atoms with Gasteiger partial charge in [0.05, 0.1) is 25.6 Å². The van der Waals surface area contributed by atoms with Crippen LogP contribution in [0, 0.1) is 0 Å². The monoisotopic (exact) mass is 248 g/mol. The number of carbonyl (C=O) groups is 2. The Balaban J connectivity index is 1.99. The van der Waals surface area contributed by atoms with Gasteiger partial charge >= 0.3 is 5.97 Å². The van der Waals surface area contributed by atoms with Crippen LogP contribution in [-0.2, 0) is 19.1 Å². The lowest BCUT2D eigenvalue weighted by atomic mass is 9.94. The number of rotatable bonds is 4. The van der Waals surface area contributed by atoms with E-state index in [0.29, 0.717) is 13.2 Å². The van der Waals surface area contributed by atoms with Gasteiger partial charge in [0.1, 0.15) is 6.10 Å². The number of ether oxygens (including phenoxy) is 2. The van der Waals surface area contributed by atoms with Crippen molar-refractivity contribution in [3.63, 3.8) is 0 Å². The van der Waals surface area contributed by atoms with Crippen molar-refractivity contribution in [3.8, 4) is 0 Å². The summed E-state index contributed by atoms with van der Waals surface area (Å²) >= 11 is 0. The molecule has 18 heavy (non-hydrogen) atoms. The zero-order valence-corrected chi connectivity index (χ0v) is 10.3. The predicted molar refractivity (Wildman–Crippen MR) is 65.2 cm³/mol. The highest BCUT2D eigenvalue weighted by Gasteiger charge is 2.37. The molecule has 0 unspecified atom stereocenters. The maximum Gasteiger partial charge on any atom is 0.308 e. The summed E-state index contributed by atoms with van der Waals surface area (Å²) in [5, 5.41) is 0. The molecular formula is C14H16O4. The molecule has 2 atom stereocenters. The Kier molecular flexibility index (Phi) is 4.10. The zero-order valence-electron chi connectivity index (χ0n) is 10.3. The second kappa shape index (κ2) is 5.78. The summed E-state index contributed by atoms with van der Waals surface area (Å²) in [5.74, 6) is -0.676. The average Bonchev–Trinajstić information content (AvgIpc) is 2.72. The number of carbonyl (C=O) groups excluding carboxylic acids is 2. The molecule has 4 heteroatoms. The van der Waals surface area contributed by atoms with E-state index in [0.717, 1.165) is 5.56 Å². The van der Waals surface area contributed by atoms with E-state index in [1.165, 1.54) is 0 Å². The Morgan fingerprint density at radius 2 is 2.11 bits per heavy atom. The van der Waals surface area contributed by atoms with E-state index in [1.54, 1.807) is 6.92 Å². The fraction of sp³-hybridized carbons (Fsp3) is 0.429. The Morgan fingerprint density at radius 3 is 2.78 bits per heavy atom. The van der Waals surface area contributed by atoms with Gasteiger partial charge in [-0.25, -0.2) is 0 Å². The van der Waals surface area contributed by atoms with E-state index in [1.807, 2.05) is 30.3 Å². The lowest BCUT2D eigenvalue weighted by Gasteiger charge is -2.08. The van der Waals surface area contributed by atoms with Gasteiger partial charge in [0.25, 0.3) is 0 Å². The van der Waals surface area contributed by atoms with Crippen LogP contribution in [0.4, 0.5) is 0 Å². The molecular weight excluding hydrogens is 232 g/mol. The number of hydrogen-bond acceptors (Lipinski definition) is 4. The van der Waals surface area contributed by atoms with Gasteiger partial charge in [-0.3, -0.25) is 9.59 Å². The van der Waals surface area contributed by atoms with Crippen LogP contribution >= 0.6 is 0 Å². The van der Waals surface area contributed by atoms with Crippen molar-refractivity contribution in [2.75, 3.05) is 13.2 Å². The summed E-state index contributed by atoms with van der Waals surface area (Å²) in [7, 11) is 0. The van der Waals surface area contributed by atoms with Crippen LogP contribution in [0.25, 0.3) is 0 Å². The molecule has 1 saturated heterocycles. The van der Waals surface area contributed by atoms with Gasteiger partial charge in [-0.15, -0.1) is 0 Å². The molecule has 0 saturated carbocycles. The molecule has 96 valence electrons. The quantitative estimate of drug-likeness (QED) is 0.761. The van der Waals surface area contributed by atoms with Gasteiger partial charge in [-0.2, -0.15) is 0 Å². The largest absolute Gasteiger partial charge is 0.466 e. The number of esters is 1. The summed E-state index contributed by atoms with van der Waals surface area (Å²) in [5.41, 5.74) is 0.939. The SMILES string of the molecule is CCOC(=O)C[C@H]1OC[C@@H](c2ccccc2)C1=O. The lowest BCUT2D eigenvalue weighted by molar-refractivity contribution is -0.147. The molecule has 1 fully saturated rings. The normalized spacial score (nSPS) is 23.1. The van der Waals surface area contributed by atoms with E-state index < -0.39 is 6.10 Å². The molecule has 0 radical (unpaired) electrons. The van der Waals surface area contributed by atoms with Gasteiger partial charge in [-0.1, -0.05) is 30.3 Å².